The monoisotopic (exact) mass is 515 g/mol. The number of morpholine rings is 1. The molecule has 0 aliphatic carbocycles. The minimum absolute atomic E-state index is 0. The highest BCUT2D eigenvalue weighted by atomic mass is 127. The van der Waals surface area contributed by atoms with Crippen LogP contribution in [0.4, 0.5) is 0 Å². The molecule has 2 fully saturated rings. The first kappa shape index (κ1) is 24.4. The molecule has 2 aliphatic heterocycles. The molecule has 2 aliphatic rings. The number of nitrogens with two attached hydrogens (primary N) is 1. The van der Waals surface area contributed by atoms with E-state index in [-0.39, 0.29) is 24.0 Å². The number of guanidine groups is 1. The van der Waals surface area contributed by atoms with Gasteiger partial charge in [-0.3, -0.25) is 14.8 Å². The van der Waals surface area contributed by atoms with Crippen LogP contribution in [0.5, 0.6) is 0 Å². The second-order valence-corrected chi connectivity index (χ2v) is 8.17. The molecule has 2 heterocycles. The second kappa shape index (κ2) is 13.4. The summed E-state index contributed by atoms with van der Waals surface area (Å²) in [5.41, 5.74) is 8.78. The minimum atomic E-state index is 0. The lowest BCUT2D eigenvalue weighted by molar-refractivity contribution is 0.0376. The lowest BCUT2D eigenvalue weighted by Gasteiger charge is -2.31. The predicted octanol–water partition coefficient (Wildman–Crippen LogP) is 2.45. The van der Waals surface area contributed by atoms with Gasteiger partial charge in [0.05, 0.1) is 13.2 Å². The Kier molecular flexibility index (Phi) is 11.3. The van der Waals surface area contributed by atoms with Crippen molar-refractivity contribution in [2.24, 2.45) is 16.6 Å². The van der Waals surface area contributed by atoms with E-state index in [1.54, 1.807) is 0 Å². The number of benzene rings is 1. The number of nitrogens with zero attached hydrogens (tertiary/aromatic N) is 3. The Balaban J connectivity index is 0.00000300. The molecule has 0 amide bonds. The highest BCUT2D eigenvalue weighted by Gasteiger charge is 2.19. The molecule has 7 heteroatoms. The molecule has 0 saturated carbocycles. The van der Waals surface area contributed by atoms with Gasteiger partial charge in [0.15, 0.2) is 5.96 Å². The third kappa shape index (κ3) is 9.19. The van der Waals surface area contributed by atoms with Gasteiger partial charge in [-0.1, -0.05) is 29.8 Å². The molecule has 0 bridgehead atoms. The molecule has 0 spiro atoms. The molecule has 2 saturated heterocycles. The van der Waals surface area contributed by atoms with Crippen molar-refractivity contribution in [3.05, 3.63) is 35.4 Å². The van der Waals surface area contributed by atoms with Gasteiger partial charge < -0.3 is 15.8 Å². The van der Waals surface area contributed by atoms with E-state index in [1.165, 1.54) is 24.0 Å². The van der Waals surface area contributed by atoms with Crippen molar-refractivity contribution >= 4 is 29.9 Å². The van der Waals surface area contributed by atoms with Gasteiger partial charge >= 0.3 is 0 Å². The van der Waals surface area contributed by atoms with Crippen molar-refractivity contribution in [3.63, 3.8) is 0 Å². The maximum absolute atomic E-state index is 6.05. The number of piperidine rings is 1. The fourth-order valence-corrected chi connectivity index (χ4v) is 3.91. The van der Waals surface area contributed by atoms with E-state index in [2.05, 4.69) is 51.3 Å². The molecule has 164 valence electrons. The van der Waals surface area contributed by atoms with Gasteiger partial charge in [-0.25, -0.2) is 0 Å². The van der Waals surface area contributed by atoms with Crippen LogP contribution in [0.15, 0.2) is 29.3 Å². The van der Waals surface area contributed by atoms with Crippen LogP contribution in [-0.4, -0.2) is 74.8 Å². The molecule has 1 aromatic rings. The molecule has 3 rings (SSSR count). The van der Waals surface area contributed by atoms with Gasteiger partial charge in [0.2, 0.25) is 0 Å². The van der Waals surface area contributed by atoms with E-state index in [4.69, 9.17) is 10.5 Å². The van der Waals surface area contributed by atoms with Gasteiger partial charge in [0, 0.05) is 32.7 Å². The first-order valence-electron chi connectivity index (χ1n) is 10.8. The van der Waals surface area contributed by atoms with E-state index < -0.39 is 0 Å². The first-order valence-corrected chi connectivity index (χ1v) is 10.8. The zero-order chi connectivity index (χ0) is 19.6. The van der Waals surface area contributed by atoms with Gasteiger partial charge in [-0.15, -0.1) is 24.0 Å². The number of aliphatic imine (C=N–C) groups is 1. The molecular formula is C22H38IN5O. The minimum Gasteiger partial charge on any atom is -0.379 e. The summed E-state index contributed by atoms with van der Waals surface area (Å²) < 4.78 is 5.37. The number of halogens is 1. The Labute approximate surface area is 193 Å². The average Bonchev–Trinajstić information content (AvgIpc) is 2.73. The topological polar surface area (TPSA) is 66.1 Å². The number of aryl methyl sites for hydroxylation is 1. The lowest BCUT2D eigenvalue weighted by Crippen LogP contribution is -2.39. The highest BCUT2D eigenvalue weighted by molar-refractivity contribution is 14.0. The molecule has 0 atom stereocenters. The Morgan fingerprint density at radius 1 is 1.10 bits per heavy atom. The van der Waals surface area contributed by atoms with Crippen molar-refractivity contribution in [3.8, 4) is 0 Å². The van der Waals surface area contributed by atoms with Crippen LogP contribution in [0.2, 0.25) is 0 Å². The Bertz CT molecular complexity index is 596. The summed E-state index contributed by atoms with van der Waals surface area (Å²) in [4.78, 5) is 9.58. The number of ether oxygens (including phenoxy) is 1. The Morgan fingerprint density at radius 3 is 2.48 bits per heavy atom. The standard InChI is InChI=1S/C22H37N5O.HI/c1-19-3-5-21(6-4-19)18-27-11-7-20(8-12-27)17-25-22(23)24-9-2-10-26-13-15-28-16-14-26;/h3-6,20H,2,7-18H2,1H3,(H3,23,24,25);1H. The van der Waals surface area contributed by atoms with Crippen LogP contribution < -0.4 is 11.1 Å². The molecule has 1 aromatic carbocycles. The molecular weight excluding hydrogens is 477 g/mol. The summed E-state index contributed by atoms with van der Waals surface area (Å²) in [6, 6.07) is 8.90. The number of hydrogen-bond donors (Lipinski definition) is 2. The first-order chi connectivity index (χ1) is 13.7. The van der Waals surface area contributed by atoms with Crippen molar-refractivity contribution in [1.82, 2.24) is 15.1 Å². The fourth-order valence-electron chi connectivity index (χ4n) is 3.91. The Hall–Kier alpha value is -0.900. The van der Waals surface area contributed by atoms with Crippen LogP contribution in [0.3, 0.4) is 0 Å². The fraction of sp³-hybridized carbons (Fsp3) is 0.682. The van der Waals surface area contributed by atoms with Gasteiger partial charge in [-0.05, 0) is 57.3 Å². The summed E-state index contributed by atoms with van der Waals surface area (Å²) in [6.07, 6.45) is 3.51. The van der Waals surface area contributed by atoms with E-state index in [9.17, 15) is 0 Å². The van der Waals surface area contributed by atoms with Crippen molar-refractivity contribution in [2.45, 2.75) is 32.7 Å². The van der Waals surface area contributed by atoms with Crippen LogP contribution >= 0.6 is 24.0 Å². The summed E-state index contributed by atoms with van der Waals surface area (Å²) >= 11 is 0. The maximum atomic E-state index is 6.05. The van der Waals surface area contributed by atoms with Gasteiger partial charge in [0.25, 0.3) is 0 Å². The zero-order valence-electron chi connectivity index (χ0n) is 17.8. The second-order valence-electron chi connectivity index (χ2n) is 8.17. The zero-order valence-corrected chi connectivity index (χ0v) is 20.1. The molecule has 0 radical (unpaired) electrons. The number of likely N-dealkylation sites (tertiary alicyclic amines) is 1. The van der Waals surface area contributed by atoms with E-state index in [0.717, 1.165) is 72.0 Å². The maximum Gasteiger partial charge on any atom is 0.188 e. The summed E-state index contributed by atoms with van der Waals surface area (Å²) in [5, 5.41) is 3.27. The third-order valence-electron chi connectivity index (χ3n) is 5.81. The predicted molar refractivity (Wildman–Crippen MR) is 131 cm³/mol. The van der Waals surface area contributed by atoms with Crippen molar-refractivity contribution in [1.29, 1.82) is 0 Å². The van der Waals surface area contributed by atoms with Gasteiger partial charge in [0.1, 0.15) is 0 Å². The van der Waals surface area contributed by atoms with Gasteiger partial charge in [-0.2, -0.15) is 0 Å². The number of hydrogen-bond acceptors (Lipinski definition) is 4. The molecule has 6 nitrogen and oxygen atoms in total. The van der Waals surface area contributed by atoms with Crippen LogP contribution in [0.1, 0.15) is 30.4 Å². The number of nitrogens with one attached hydrogen (secondary N) is 1. The third-order valence-corrected chi connectivity index (χ3v) is 5.81. The SMILES string of the molecule is Cc1ccc(CN2CCC(CN=C(N)NCCCN3CCOCC3)CC2)cc1.I. The van der Waals surface area contributed by atoms with Crippen LogP contribution in [0, 0.1) is 12.8 Å². The average molecular weight is 515 g/mol. The van der Waals surface area contributed by atoms with E-state index in [1.807, 2.05) is 0 Å². The molecule has 3 N–H and O–H groups in total. The Morgan fingerprint density at radius 2 is 1.79 bits per heavy atom. The van der Waals surface area contributed by atoms with E-state index >= 15 is 0 Å². The smallest absolute Gasteiger partial charge is 0.188 e. The van der Waals surface area contributed by atoms with Crippen LogP contribution in [-0.2, 0) is 11.3 Å². The summed E-state index contributed by atoms with van der Waals surface area (Å²) in [6.45, 7) is 12.2. The molecule has 0 aromatic heterocycles. The molecule has 0 unspecified atom stereocenters. The highest BCUT2D eigenvalue weighted by Crippen LogP contribution is 2.19. The largest absolute Gasteiger partial charge is 0.379 e. The molecule has 29 heavy (non-hydrogen) atoms. The number of rotatable bonds is 8. The van der Waals surface area contributed by atoms with Crippen LogP contribution in [0.25, 0.3) is 0 Å². The summed E-state index contributed by atoms with van der Waals surface area (Å²) in [7, 11) is 0. The van der Waals surface area contributed by atoms with Crippen molar-refractivity contribution in [2.75, 3.05) is 59.0 Å². The summed E-state index contributed by atoms with van der Waals surface area (Å²) in [5.74, 6) is 1.26. The van der Waals surface area contributed by atoms with Crippen molar-refractivity contribution < 1.29 is 4.74 Å². The quantitative estimate of drug-likeness (QED) is 0.241. The lowest BCUT2D eigenvalue weighted by atomic mass is 9.96. The normalized spacial score (nSPS) is 19.7. The van der Waals surface area contributed by atoms with E-state index in [0.29, 0.717) is 11.9 Å².